The third-order valence-corrected chi connectivity index (χ3v) is 9.72. The number of hydrogen-bond donors (Lipinski definition) is 0. The van der Waals surface area contributed by atoms with Gasteiger partial charge in [0, 0.05) is 69.1 Å². The Bertz CT molecular complexity index is 1390. The first-order valence-corrected chi connectivity index (χ1v) is 19.0. The number of carbonyl (C=O) groups is 8. The van der Waals surface area contributed by atoms with Crippen LogP contribution in [0.4, 0.5) is 0 Å². The Kier molecular flexibility index (Phi) is 17.6. The molecule has 0 aromatic rings. The second kappa shape index (κ2) is 21.8. The van der Waals surface area contributed by atoms with Gasteiger partial charge in [-0.25, -0.2) is 0 Å². The van der Waals surface area contributed by atoms with Crippen LogP contribution in [-0.2, 0) is 38.4 Å². The predicted molar refractivity (Wildman–Crippen MR) is 196 cm³/mol. The Morgan fingerprint density at radius 2 is 0.962 bits per heavy atom. The van der Waals surface area contributed by atoms with Crippen molar-refractivity contribution < 1.29 is 38.4 Å². The van der Waals surface area contributed by atoms with E-state index in [2.05, 4.69) is 13.0 Å². The molecule has 4 rings (SSSR count). The van der Waals surface area contributed by atoms with Crippen LogP contribution in [0.5, 0.6) is 0 Å². The Morgan fingerprint density at radius 3 is 1.42 bits per heavy atom. The molecule has 1 fully saturated rings. The number of carbonyl (C=O) groups excluding carboxylic acids is 8. The third-order valence-electron chi connectivity index (χ3n) is 9.72. The zero-order valence-corrected chi connectivity index (χ0v) is 31.1. The minimum atomic E-state index is -0.324. The Balaban J connectivity index is 0.000000311. The van der Waals surface area contributed by atoms with Gasteiger partial charge in [-0.1, -0.05) is 77.9 Å². The highest BCUT2D eigenvalue weighted by Crippen LogP contribution is 2.24. The number of amides is 8. The van der Waals surface area contributed by atoms with E-state index >= 15 is 0 Å². The van der Waals surface area contributed by atoms with E-state index in [0.29, 0.717) is 39.0 Å². The molecule has 52 heavy (non-hydrogen) atoms. The van der Waals surface area contributed by atoms with E-state index in [9.17, 15) is 38.4 Å². The maximum absolute atomic E-state index is 12.7. The molecule has 12 heteroatoms. The first kappa shape index (κ1) is 41.9. The van der Waals surface area contributed by atoms with E-state index in [1.165, 1.54) is 101 Å². The molecule has 3 atom stereocenters. The van der Waals surface area contributed by atoms with Crippen LogP contribution < -0.4 is 0 Å². The summed E-state index contributed by atoms with van der Waals surface area (Å²) >= 11 is 0. The molecule has 0 aliphatic carbocycles. The molecule has 0 spiro atoms. The summed E-state index contributed by atoms with van der Waals surface area (Å²) in [5.74, 6) is -1.92. The van der Waals surface area contributed by atoms with Gasteiger partial charge in [0.2, 0.25) is 11.8 Å². The molecular formula is C40H56N4O8. The number of rotatable bonds is 22. The molecule has 284 valence electrons. The maximum Gasteiger partial charge on any atom is 0.253 e. The summed E-state index contributed by atoms with van der Waals surface area (Å²) in [5.41, 5.74) is 0. The van der Waals surface area contributed by atoms with Gasteiger partial charge in [-0.15, -0.1) is 0 Å². The van der Waals surface area contributed by atoms with Crippen LogP contribution in [0.25, 0.3) is 0 Å². The van der Waals surface area contributed by atoms with E-state index in [0.717, 1.165) is 25.7 Å². The van der Waals surface area contributed by atoms with Crippen LogP contribution in [0, 0.1) is 17.8 Å². The topological polar surface area (TPSA) is 150 Å². The van der Waals surface area contributed by atoms with E-state index in [1.807, 2.05) is 19.9 Å². The largest absolute Gasteiger partial charge is 0.282 e. The summed E-state index contributed by atoms with van der Waals surface area (Å²) in [4.78, 5) is 98.7. The van der Waals surface area contributed by atoms with Gasteiger partial charge in [-0.2, -0.15) is 0 Å². The van der Waals surface area contributed by atoms with Crippen molar-refractivity contribution in [1.82, 2.24) is 19.6 Å². The van der Waals surface area contributed by atoms with Crippen LogP contribution in [0.2, 0.25) is 0 Å². The van der Waals surface area contributed by atoms with Gasteiger partial charge >= 0.3 is 0 Å². The quantitative estimate of drug-likeness (QED) is 0.0858. The molecule has 4 aliphatic rings. The first-order valence-electron chi connectivity index (χ1n) is 19.0. The number of nitrogens with zero attached hydrogens (tertiary/aromatic N) is 4. The Morgan fingerprint density at radius 1 is 0.558 bits per heavy atom. The molecule has 0 N–H and O–H groups in total. The lowest BCUT2D eigenvalue weighted by molar-refractivity contribution is -0.140. The SMILES string of the molecule is CC(CCCN1C(=O)C=CC1=O)CN1C(=O)C=CC1=O.CCCCCCCCCC/C=C/C1CC(=O)N(CC(C)CCCN2C(=O)C=CC2=O)C1=O. The summed E-state index contributed by atoms with van der Waals surface area (Å²) in [7, 11) is 0. The zero-order chi connectivity index (χ0) is 38.0. The molecule has 0 aromatic heterocycles. The highest BCUT2D eigenvalue weighted by molar-refractivity contribution is 6.14. The highest BCUT2D eigenvalue weighted by Gasteiger charge is 2.37. The van der Waals surface area contributed by atoms with Crippen LogP contribution in [0.3, 0.4) is 0 Å². The lowest BCUT2D eigenvalue weighted by atomic mass is 10.0. The molecule has 0 radical (unpaired) electrons. The van der Waals surface area contributed by atoms with Crippen LogP contribution >= 0.6 is 0 Å². The van der Waals surface area contributed by atoms with Gasteiger partial charge in [0.15, 0.2) is 0 Å². The standard InChI is InChI=1S/C26H40N2O4.C14H16N2O4/c1-3-4-5-6-7-8-9-10-11-12-15-22-19-25(31)28(26(22)32)20-21(2)14-13-18-27-23(29)16-17-24(27)30;1-10(9-16-13(19)6-7-14(16)20)3-2-8-15-11(17)4-5-12(15)18/h12,15-17,21-22H,3-11,13-14,18-20H2,1-2H3;4-7,10H,2-3,8-9H2,1H3/b15-12+;. The van der Waals surface area contributed by atoms with E-state index in [4.69, 9.17) is 0 Å². The minimum absolute atomic E-state index is 0.0943. The highest BCUT2D eigenvalue weighted by atomic mass is 16.2. The fourth-order valence-electron chi connectivity index (χ4n) is 6.62. The van der Waals surface area contributed by atoms with Crippen molar-refractivity contribution in [3.8, 4) is 0 Å². The minimum Gasteiger partial charge on any atom is -0.282 e. The van der Waals surface area contributed by atoms with Gasteiger partial charge in [0.05, 0.1) is 5.92 Å². The first-order chi connectivity index (χ1) is 24.9. The van der Waals surface area contributed by atoms with Crippen LogP contribution in [0.15, 0.2) is 48.6 Å². The molecule has 3 unspecified atom stereocenters. The summed E-state index contributed by atoms with van der Waals surface area (Å²) in [6, 6.07) is 0. The van der Waals surface area contributed by atoms with Gasteiger partial charge in [0.25, 0.3) is 35.4 Å². The number of hydrogen-bond acceptors (Lipinski definition) is 8. The number of imide groups is 4. The normalized spacial score (nSPS) is 19.8. The van der Waals surface area contributed by atoms with Crippen molar-refractivity contribution in [1.29, 1.82) is 0 Å². The Labute approximate surface area is 308 Å². The lowest BCUT2D eigenvalue weighted by Crippen LogP contribution is -2.35. The van der Waals surface area contributed by atoms with Gasteiger partial charge < -0.3 is 0 Å². The smallest absolute Gasteiger partial charge is 0.253 e. The van der Waals surface area contributed by atoms with Crippen molar-refractivity contribution in [2.45, 2.75) is 111 Å². The van der Waals surface area contributed by atoms with E-state index < -0.39 is 0 Å². The Hall–Kier alpha value is -4.48. The van der Waals surface area contributed by atoms with Gasteiger partial charge in [-0.05, 0) is 50.4 Å². The molecule has 0 saturated carbocycles. The summed E-state index contributed by atoms with van der Waals surface area (Å²) in [5, 5.41) is 0. The number of likely N-dealkylation sites (tertiary alicyclic amines) is 1. The summed E-state index contributed by atoms with van der Waals surface area (Å²) in [6.45, 7) is 7.68. The van der Waals surface area contributed by atoms with Gasteiger partial charge in [-0.3, -0.25) is 58.0 Å². The molecule has 12 nitrogen and oxygen atoms in total. The van der Waals surface area contributed by atoms with Crippen LogP contribution in [0.1, 0.15) is 111 Å². The number of unbranched alkanes of at least 4 members (excludes halogenated alkanes) is 8. The van der Waals surface area contributed by atoms with Crippen molar-refractivity contribution in [2.75, 3.05) is 26.2 Å². The molecule has 1 saturated heterocycles. The third kappa shape index (κ3) is 13.2. The average molecular weight is 721 g/mol. The van der Waals surface area contributed by atoms with Crippen molar-refractivity contribution >= 4 is 47.3 Å². The van der Waals surface area contributed by atoms with E-state index in [-0.39, 0.29) is 71.4 Å². The summed E-state index contributed by atoms with van der Waals surface area (Å²) in [6.07, 6.45) is 25.9. The van der Waals surface area contributed by atoms with Crippen molar-refractivity contribution in [3.63, 3.8) is 0 Å². The summed E-state index contributed by atoms with van der Waals surface area (Å²) < 4.78 is 0. The lowest BCUT2D eigenvalue weighted by Gasteiger charge is -2.20. The molecule has 4 heterocycles. The molecule has 0 aromatic carbocycles. The fourth-order valence-corrected chi connectivity index (χ4v) is 6.62. The zero-order valence-electron chi connectivity index (χ0n) is 31.1. The number of allylic oxidation sites excluding steroid dienone is 1. The molecule has 8 amide bonds. The second-order valence-electron chi connectivity index (χ2n) is 14.3. The van der Waals surface area contributed by atoms with Crippen LogP contribution in [-0.4, -0.2) is 93.0 Å². The van der Waals surface area contributed by atoms with E-state index in [1.54, 1.807) is 0 Å². The van der Waals surface area contributed by atoms with Crippen molar-refractivity contribution in [3.05, 3.63) is 48.6 Å². The van der Waals surface area contributed by atoms with Gasteiger partial charge in [0.1, 0.15) is 0 Å². The maximum atomic E-state index is 12.7. The molecule has 0 bridgehead atoms. The monoisotopic (exact) mass is 720 g/mol. The van der Waals surface area contributed by atoms with Crippen molar-refractivity contribution in [2.24, 2.45) is 17.8 Å². The average Bonchev–Trinajstić information content (AvgIpc) is 3.80. The predicted octanol–water partition coefficient (Wildman–Crippen LogP) is 5.04. The fraction of sp³-hybridized carbons (Fsp3) is 0.600. The second-order valence-corrected chi connectivity index (χ2v) is 14.3. The molecular weight excluding hydrogens is 664 g/mol. The molecule has 4 aliphatic heterocycles.